The fourth-order valence-corrected chi connectivity index (χ4v) is 1.92. The molecule has 0 aliphatic heterocycles. The molecular formula is C13H12O2. The molecule has 1 aliphatic carbocycles. The van der Waals surface area contributed by atoms with Crippen LogP contribution in [0.25, 0.3) is 0 Å². The van der Waals surface area contributed by atoms with E-state index < -0.39 is 0 Å². The summed E-state index contributed by atoms with van der Waals surface area (Å²) < 4.78 is 0. The lowest BCUT2D eigenvalue weighted by Gasteiger charge is -2.18. The van der Waals surface area contributed by atoms with Gasteiger partial charge in [-0.05, 0) is 11.1 Å². The van der Waals surface area contributed by atoms with E-state index in [2.05, 4.69) is 0 Å². The molecule has 0 bridgehead atoms. The van der Waals surface area contributed by atoms with Crippen LogP contribution in [0.1, 0.15) is 24.3 Å². The Kier molecular flexibility index (Phi) is 2.77. The molecule has 0 spiro atoms. The van der Waals surface area contributed by atoms with Gasteiger partial charge in [0.15, 0.2) is 0 Å². The van der Waals surface area contributed by atoms with Gasteiger partial charge in [0.2, 0.25) is 0 Å². The van der Waals surface area contributed by atoms with Crippen molar-refractivity contribution in [3.05, 3.63) is 47.5 Å². The van der Waals surface area contributed by atoms with Gasteiger partial charge in [0, 0.05) is 18.8 Å². The third kappa shape index (κ3) is 2.21. The number of hydrogen-bond acceptors (Lipinski definition) is 2. The molecule has 0 radical (unpaired) electrons. The normalized spacial score (nSPS) is 20.9. The maximum atomic E-state index is 11.4. The number of carbonyl (C=O) groups is 2. The Labute approximate surface area is 88.6 Å². The molecule has 1 aliphatic rings. The molecule has 1 aromatic carbocycles. The molecule has 0 saturated heterocycles. The Bertz CT molecular complexity index is 404. The first-order chi connectivity index (χ1) is 7.29. The number of ketones is 1. The van der Waals surface area contributed by atoms with E-state index in [9.17, 15) is 9.59 Å². The minimum absolute atomic E-state index is 0.0765. The SMILES string of the molecule is O=CC1=CC(c2ccccc2)CC(=O)C1. The standard InChI is InChI=1S/C13H12O2/c14-9-10-6-12(8-13(15)7-10)11-4-2-1-3-5-11/h1-6,9,12H,7-8H2. The largest absolute Gasteiger partial charge is 0.299 e. The van der Waals surface area contributed by atoms with Crippen molar-refractivity contribution in [2.45, 2.75) is 18.8 Å². The highest BCUT2D eigenvalue weighted by Crippen LogP contribution is 2.28. The number of rotatable bonds is 2. The fraction of sp³-hybridized carbons (Fsp3) is 0.231. The first-order valence-corrected chi connectivity index (χ1v) is 5.02. The number of aldehydes is 1. The van der Waals surface area contributed by atoms with Gasteiger partial charge >= 0.3 is 0 Å². The molecule has 1 atom stereocenters. The van der Waals surface area contributed by atoms with Crippen molar-refractivity contribution in [1.29, 1.82) is 0 Å². The summed E-state index contributed by atoms with van der Waals surface area (Å²) in [7, 11) is 0. The second kappa shape index (κ2) is 4.22. The van der Waals surface area contributed by atoms with E-state index in [4.69, 9.17) is 0 Å². The van der Waals surface area contributed by atoms with Crippen molar-refractivity contribution < 1.29 is 9.59 Å². The molecule has 1 unspecified atom stereocenters. The van der Waals surface area contributed by atoms with Crippen molar-refractivity contribution in [3.63, 3.8) is 0 Å². The van der Waals surface area contributed by atoms with Crippen molar-refractivity contribution in [3.8, 4) is 0 Å². The summed E-state index contributed by atoms with van der Waals surface area (Å²) in [5, 5.41) is 0. The van der Waals surface area contributed by atoms with E-state index in [1.807, 2.05) is 36.4 Å². The third-order valence-corrected chi connectivity index (χ3v) is 2.64. The minimum Gasteiger partial charge on any atom is -0.299 e. The van der Waals surface area contributed by atoms with Gasteiger partial charge in [-0.2, -0.15) is 0 Å². The first-order valence-electron chi connectivity index (χ1n) is 5.02. The van der Waals surface area contributed by atoms with E-state index in [1.54, 1.807) is 0 Å². The van der Waals surface area contributed by atoms with Crippen molar-refractivity contribution in [2.75, 3.05) is 0 Å². The van der Waals surface area contributed by atoms with E-state index in [0.717, 1.165) is 11.8 Å². The Morgan fingerprint density at radius 3 is 2.60 bits per heavy atom. The number of allylic oxidation sites excluding steroid dienone is 2. The quantitative estimate of drug-likeness (QED) is 0.686. The highest BCUT2D eigenvalue weighted by atomic mass is 16.1. The van der Waals surface area contributed by atoms with Gasteiger partial charge in [-0.25, -0.2) is 0 Å². The average molecular weight is 200 g/mol. The molecule has 0 heterocycles. The van der Waals surface area contributed by atoms with Crippen LogP contribution in [-0.4, -0.2) is 12.1 Å². The lowest BCUT2D eigenvalue weighted by molar-refractivity contribution is -0.119. The topological polar surface area (TPSA) is 34.1 Å². The lowest BCUT2D eigenvalue weighted by atomic mass is 9.85. The molecule has 1 aromatic rings. The molecule has 0 N–H and O–H groups in total. The summed E-state index contributed by atoms with van der Waals surface area (Å²) in [6.45, 7) is 0. The molecule has 0 saturated carbocycles. The molecule has 2 rings (SSSR count). The number of carbonyl (C=O) groups excluding carboxylic acids is 2. The number of Topliss-reactive ketones (excluding diaryl/α,β-unsaturated/α-hetero) is 1. The van der Waals surface area contributed by atoms with Gasteiger partial charge in [-0.1, -0.05) is 36.4 Å². The van der Waals surface area contributed by atoms with Gasteiger partial charge < -0.3 is 0 Å². The predicted molar refractivity (Wildman–Crippen MR) is 57.6 cm³/mol. The molecule has 15 heavy (non-hydrogen) atoms. The van der Waals surface area contributed by atoms with Crippen LogP contribution in [0.15, 0.2) is 42.0 Å². The van der Waals surface area contributed by atoms with Crippen molar-refractivity contribution >= 4 is 12.1 Å². The van der Waals surface area contributed by atoms with Crippen LogP contribution in [0.3, 0.4) is 0 Å². The lowest BCUT2D eigenvalue weighted by Crippen LogP contribution is -2.13. The van der Waals surface area contributed by atoms with Crippen LogP contribution < -0.4 is 0 Å². The Balaban J connectivity index is 2.30. The maximum Gasteiger partial charge on any atom is 0.146 e. The first kappa shape index (κ1) is 9.84. The van der Waals surface area contributed by atoms with Crippen LogP contribution in [0, 0.1) is 0 Å². The minimum atomic E-state index is 0.0765. The van der Waals surface area contributed by atoms with E-state index in [0.29, 0.717) is 18.4 Å². The predicted octanol–water partition coefficient (Wildman–Crippen LogP) is 2.26. The highest BCUT2D eigenvalue weighted by molar-refractivity contribution is 5.91. The van der Waals surface area contributed by atoms with E-state index >= 15 is 0 Å². The summed E-state index contributed by atoms with van der Waals surface area (Å²) in [5.41, 5.74) is 1.71. The van der Waals surface area contributed by atoms with Gasteiger partial charge in [0.25, 0.3) is 0 Å². The molecule has 2 heteroatoms. The number of hydrogen-bond donors (Lipinski definition) is 0. The highest BCUT2D eigenvalue weighted by Gasteiger charge is 2.20. The smallest absolute Gasteiger partial charge is 0.146 e. The zero-order chi connectivity index (χ0) is 10.7. The summed E-state index contributed by atoms with van der Waals surface area (Å²) in [6, 6.07) is 9.81. The zero-order valence-electron chi connectivity index (χ0n) is 8.35. The second-order valence-corrected chi connectivity index (χ2v) is 3.80. The molecule has 2 nitrogen and oxygen atoms in total. The summed E-state index contributed by atoms with van der Waals surface area (Å²) >= 11 is 0. The van der Waals surface area contributed by atoms with Gasteiger partial charge in [-0.15, -0.1) is 0 Å². The van der Waals surface area contributed by atoms with Crippen LogP contribution in [-0.2, 0) is 9.59 Å². The molecule has 0 fully saturated rings. The van der Waals surface area contributed by atoms with Crippen LogP contribution in [0.4, 0.5) is 0 Å². The molecular weight excluding hydrogens is 188 g/mol. The Morgan fingerprint density at radius 1 is 1.20 bits per heavy atom. The Hall–Kier alpha value is -1.70. The van der Waals surface area contributed by atoms with E-state index in [1.165, 1.54) is 0 Å². The van der Waals surface area contributed by atoms with Gasteiger partial charge in [-0.3, -0.25) is 9.59 Å². The third-order valence-electron chi connectivity index (χ3n) is 2.64. The Morgan fingerprint density at radius 2 is 1.93 bits per heavy atom. The van der Waals surface area contributed by atoms with E-state index in [-0.39, 0.29) is 11.7 Å². The average Bonchev–Trinajstić information content (AvgIpc) is 2.29. The number of benzene rings is 1. The fourth-order valence-electron chi connectivity index (χ4n) is 1.92. The second-order valence-electron chi connectivity index (χ2n) is 3.80. The summed E-state index contributed by atoms with van der Waals surface area (Å²) in [6.07, 6.45) is 3.50. The molecule has 0 amide bonds. The molecule has 76 valence electrons. The van der Waals surface area contributed by atoms with Crippen molar-refractivity contribution in [1.82, 2.24) is 0 Å². The maximum absolute atomic E-state index is 11.4. The van der Waals surface area contributed by atoms with Gasteiger partial charge in [0.1, 0.15) is 12.1 Å². The van der Waals surface area contributed by atoms with Crippen LogP contribution in [0.2, 0.25) is 0 Å². The zero-order valence-corrected chi connectivity index (χ0v) is 8.35. The van der Waals surface area contributed by atoms with Crippen molar-refractivity contribution in [2.24, 2.45) is 0 Å². The van der Waals surface area contributed by atoms with Crippen LogP contribution >= 0.6 is 0 Å². The summed E-state index contributed by atoms with van der Waals surface area (Å²) in [4.78, 5) is 22.1. The van der Waals surface area contributed by atoms with Crippen LogP contribution in [0.5, 0.6) is 0 Å². The van der Waals surface area contributed by atoms with Gasteiger partial charge in [0.05, 0.1) is 0 Å². The monoisotopic (exact) mass is 200 g/mol. The summed E-state index contributed by atoms with van der Waals surface area (Å²) in [5.74, 6) is 0.223. The molecule has 0 aromatic heterocycles.